The van der Waals surface area contributed by atoms with Crippen molar-refractivity contribution in [3.05, 3.63) is 53.9 Å². The van der Waals surface area contributed by atoms with Crippen molar-refractivity contribution in [1.29, 1.82) is 0 Å². The van der Waals surface area contributed by atoms with Gasteiger partial charge in [0.15, 0.2) is 0 Å². The van der Waals surface area contributed by atoms with Crippen LogP contribution >= 0.6 is 0 Å². The maximum absolute atomic E-state index is 14.0. The van der Waals surface area contributed by atoms with Crippen molar-refractivity contribution >= 4 is 28.8 Å². The van der Waals surface area contributed by atoms with E-state index < -0.39 is 12.1 Å². The standard InChI is InChI=1S/C30H40N8O3/c1-35(2)26(10-11-28(39)37-13-4-5-14-37)30(41)38-20-23(15-21-7-6-12-31-18-21)17-27(38)29(40)32-19-22-8-9-25-24(16-22)33-34-36(25)3/h6-9,12,16,18,23,26-27H,4-5,10-11,13-15,17,19-20H2,1-3H3,(H,32,40)/t23-,26-,27+/m1/s1. The number of fused-ring (bicyclic) bond motifs is 1. The summed E-state index contributed by atoms with van der Waals surface area (Å²) in [7, 11) is 5.57. The Hall–Kier alpha value is -3.86. The van der Waals surface area contributed by atoms with Gasteiger partial charge in [-0.2, -0.15) is 0 Å². The van der Waals surface area contributed by atoms with E-state index in [4.69, 9.17) is 0 Å². The van der Waals surface area contributed by atoms with Crippen LogP contribution in [0.3, 0.4) is 0 Å². The topological polar surface area (TPSA) is 117 Å². The number of nitrogens with zero attached hydrogens (tertiary/aromatic N) is 7. The molecule has 11 nitrogen and oxygen atoms in total. The number of carbonyl (C=O) groups excluding carboxylic acids is 3. The summed E-state index contributed by atoms with van der Waals surface area (Å²) in [6.45, 7) is 2.42. The number of hydrogen-bond acceptors (Lipinski definition) is 7. The zero-order chi connectivity index (χ0) is 28.9. The van der Waals surface area contributed by atoms with Gasteiger partial charge in [-0.05, 0) is 81.4 Å². The Kier molecular flexibility index (Phi) is 8.92. The van der Waals surface area contributed by atoms with E-state index in [9.17, 15) is 14.4 Å². The first-order valence-electron chi connectivity index (χ1n) is 14.5. The molecule has 5 rings (SSSR count). The molecular weight excluding hydrogens is 520 g/mol. The highest BCUT2D eigenvalue weighted by Gasteiger charge is 2.42. The predicted molar refractivity (Wildman–Crippen MR) is 154 cm³/mol. The van der Waals surface area contributed by atoms with Gasteiger partial charge in [-0.25, -0.2) is 4.68 Å². The highest BCUT2D eigenvalue weighted by atomic mass is 16.2. The molecule has 0 radical (unpaired) electrons. The zero-order valence-corrected chi connectivity index (χ0v) is 24.2. The number of rotatable bonds is 10. The largest absolute Gasteiger partial charge is 0.350 e. The molecule has 2 fully saturated rings. The smallest absolute Gasteiger partial charge is 0.243 e. The van der Waals surface area contributed by atoms with Crippen molar-refractivity contribution in [2.75, 3.05) is 33.7 Å². The molecule has 3 aromatic rings. The first-order valence-corrected chi connectivity index (χ1v) is 14.5. The number of amides is 3. The van der Waals surface area contributed by atoms with Gasteiger partial charge in [0.2, 0.25) is 17.7 Å². The Bertz CT molecular complexity index is 1370. The van der Waals surface area contributed by atoms with Gasteiger partial charge in [0, 0.05) is 52.0 Å². The molecule has 3 amide bonds. The molecule has 1 aromatic carbocycles. The minimum Gasteiger partial charge on any atom is -0.350 e. The predicted octanol–water partition coefficient (Wildman–Crippen LogP) is 1.77. The maximum Gasteiger partial charge on any atom is 0.243 e. The van der Waals surface area contributed by atoms with Crippen molar-refractivity contribution in [2.24, 2.45) is 13.0 Å². The molecular formula is C30H40N8O3. The van der Waals surface area contributed by atoms with Crippen LogP contribution in [0, 0.1) is 5.92 Å². The summed E-state index contributed by atoms with van der Waals surface area (Å²) in [5, 5.41) is 11.3. The fourth-order valence-corrected chi connectivity index (χ4v) is 6.10. The molecule has 41 heavy (non-hydrogen) atoms. The number of likely N-dealkylation sites (tertiary alicyclic amines) is 2. The molecule has 1 N–H and O–H groups in total. The van der Waals surface area contributed by atoms with Crippen LogP contribution in [0.15, 0.2) is 42.7 Å². The summed E-state index contributed by atoms with van der Waals surface area (Å²) in [6, 6.07) is 8.69. The molecule has 0 spiro atoms. The summed E-state index contributed by atoms with van der Waals surface area (Å²) in [6.07, 6.45) is 7.73. The van der Waals surface area contributed by atoms with E-state index in [1.165, 1.54) is 0 Å². The second kappa shape index (κ2) is 12.8. The second-order valence-corrected chi connectivity index (χ2v) is 11.5. The lowest BCUT2D eigenvalue weighted by atomic mass is 9.97. The van der Waals surface area contributed by atoms with Crippen LogP contribution in [0.4, 0.5) is 0 Å². The number of benzene rings is 1. The van der Waals surface area contributed by atoms with Crippen molar-refractivity contribution in [3.8, 4) is 0 Å². The zero-order valence-electron chi connectivity index (χ0n) is 24.2. The lowest BCUT2D eigenvalue weighted by Crippen LogP contribution is -2.52. The normalized spacial score (nSPS) is 19.7. The van der Waals surface area contributed by atoms with E-state index in [1.807, 2.05) is 67.5 Å². The molecule has 0 aliphatic carbocycles. The first-order chi connectivity index (χ1) is 19.8. The summed E-state index contributed by atoms with van der Waals surface area (Å²) in [4.78, 5) is 50.1. The van der Waals surface area contributed by atoms with Gasteiger partial charge in [-0.1, -0.05) is 17.3 Å². The Morgan fingerprint density at radius 2 is 1.93 bits per heavy atom. The molecule has 4 heterocycles. The van der Waals surface area contributed by atoms with Crippen LogP contribution in [0.2, 0.25) is 0 Å². The molecule has 2 aromatic heterocycles. The summed E-state index contributed by atoms with van der Waals surface area (Å²) >= 11 is 0. The van der Waals surface area contributed by atoms with Crippen molar-refractivity contribution in [3.63, 3.8) is 0 Å². The van der Waals surface area contributed by atoms with Crippen molar-refractivity contribution in [2.45, 2.75) is 57.2 Å². The second-order valence-electron chi connectivity index (χ2n) is 11.5. The maximum atomic E-state index is 14.0. The van der Waals surface area contributed by atoms with E-state index >= 15 is 0 Å². The number of aryl methyl sites for hydroxylation is 1. The minimum absolute atomic E-state index is 0.0981. The summed E-state index contributed by atoms with van der Waals surface area (Å²) in [5.74, 6) is -0.0350. The van der Waals surface area contributed by atoms with E-state index in [0.29, 0.717) is 32.4 Å². The van der Waals surface area contributed by atoms with Gasteiger partial charge >= 0.3 is 0 Å². The van der Waals surface area contributed by atoms with Crippen LogP contribution in [0.5, 0.6) is 0 Å². The van der Waals surface area contributed by atoms with E-state index in [-0.39, 0.29) is 23.6 Å². The van der Waals surface area contributed by atoms with E-state index in [1.54, 1.807) is 15.8 Å². The van der Waals surface area contributed by atoms with Gasteiger partial charge in [0.25, 0.3) is 0 Å². The quantitative estimate of drug-likeness (QED) is 0.402. The average molecular weight is 561 g/mol. The van der Waals surface area contributed by atoms with E-state index in [2.05, 4.69) is 20.6 Å². The number of nitrogens with one attached hydrogen (secondary N) is 1. The molecule has 0 bridgehead atoms. The fourth-order valence-electron chi connectivity index (χ4n) is 6.10. The van der Waals surface area contributed by atoms with Gasteiger partial charge in [0.1, 0.15) is 11.6 Å². The number of likely N-dealkylation sites (N-methyl/N-ethyl adjacent to an activating group) is 1. The van der Waals surface area contributed by atoms with Crippen LogP contribution in [-0.4, -0.2) is 98.2 Å². The lowest BCUT2D eigenvalue weighted by molar-refractivity contribution is -0.142. The molecule has 2 aliphatic rings. The van der Waals surface area contributed by atoms with Gasteiger partial charge in [-0.3, -0.25) is 24.3 Å². The molecule has 11 heteroatoms. The minimum atomic E-state index is -0.582. The fraction of sp³-hybridized carbons (Fsp3) is 0.533. The molecule has 2 saturated heterocycles. The third kappa shape index (κ3) is 6.73. The summed E-state index contributed by atoms with van der Waals surface area (Å²) < 4.78 is 1.71. The van der Waals surface area contributed by atoms with Gasteiger partial charge < -0.3 is 15.1 Å². The van der Waals surface area contributed by atoms with Crippen LogP contribution in [0.1, 0.15) is 43.2 Å². The molecule has 2 aliphatic heterocycles. The number of carbonyl (C=O) groups is 3. The first kappa shape index (κ1) is 28.7. The Morgan fingerprint density at radius 1 is 1.12 bits per heavy atom. The van der Waals surface area contributed by atoms with Gasteiger partial charge in [-0.15, -0.1) is 5.10 Å². The highest BCUT2D eigenvalue weighted by Crippen LogP contribution is 2.29. The number of aromatic nitrogens is 4. The summed E-state index contributed by atoms with van der Waals surface area (Å²) in [5.41, 5.74) is 3.69. The van der Waals surface area contributed by atoms with Gasteiger partial charge in [0.05, 0.1) is 11.6 Å². The lowest BCUT2D eigenvalue weighted by Gasteiger charge is -2.31. The number of pyridine rings is 1. The Labute approximate surface area is 240 Å². The Balaban J connectivity index is 1.29. The van der Waals surface area contributed by atoms with Crippen LogP contribution in [0.25, 0.3) is 11.0 Å². The third-order valence-electron chi connectivity index (χ3n) is 8.36. The van der Waals surface area contributed by atoms with E-state index in [0.717, 1.165) is 54.5 Å². The van der Waals surface area contributed by atoms with Crippen molar-refractivity contribution < 1.29 is 14.4 Å². The average Bonchev–Trinajstić information content (AvgIpc) is 3.73. The highest BCUT2D eigenvalue weighted by molar-refractivity contribution is 5.91. The molecule has 218 valence electrons. The Morgan fingerprint density at radius 3 is 2.66 bits per heavy atom. The van der Waals surface area contributed by atoms with Crippen LogP contribution in [-0.2, 0) is 34.4 Å². The van der Waals surface area contributed by atoms with Crippen molar-refractivity contribution in [1.82, 2.24) is 40.0 Å². The number of hydrogen-bond donors (Lipinski definition) is 1. The SMILES string of the molecule is CN(C)[C@H](CCC(=O)N1CCCC1)C(=O)N1C[C@H](Cc2cccnc2)C[C@H]1C(=O)NCc1ccc2c(c1)nnn2C. The molecule has 3 atom stereocenters. The van der Waals surface area contributed by atoms with Crippen LogP contribution < -0.4 is 5.32 Å². The molecule has 0 unspecified atom stereocenters. The third-order valence-corrected chi connectivity index (χ3v) is 8.36. The molecule has 0 saturated carbocycles. The monoisotopic (exact) mass is 560 g/mol.